The number of hydrogen-bond acceptors (Lipinski definition) is 4. The molecule has 3 aromatic carbocycles. The van der Waals surface area contributed by atoms with Gasteiger partial charge in [-0.3, -0.25) is 4.79 Å². The zero-order chi connectivity index (χ0) is 22.7. The summed E-state index contributed by atoms with van der Waals surface area (Å²) in [5.41, 5.74) is 3.88. The number of aryl methyl sites for hydroxylation is 1. The summed E-state index contributed by atoms with van der Waals surface area (Å²) in [5, 5.41) is 8.09. The Morgan fingerprint density at radius 3 is 2.47 bits per heavy atom. The van der Waals surface area contributed by atoms with Crippen molar-refractivity contribution >= 4 is 34.8 Å². The van der Waals surface area contributed by atoms with Gasteiger partial charge < -0.3 is 10.1 Å². The molecule has 0 aliphatic rings. The van der Waals surface area contributed by atoms with E-state index in [4.69, 9.17) is 27.9 Å². The maximum Gasteiger partial charge on any atom is 0.336 e. The Bertz CT molecular complexity index is 1270. The van der Waals surface area contributed by atoms with Crippen LogP contribution in [0, 0.1) is 6.92 Å². The summed E-state index contributed by atoms with van der Waals surface area (Å²) in [7, 11) is 0. The van der Waals surface area contributed by atoms with Gasteiger partial charge in [0.1, 0.15) is 0 Å². The molecular formula is C24H20Cl2N4O2. The number of nitrogens with zero attached hydrogens (tertiary/aromatic N) is 3. The fraction of sp³-hybridized carbons (Fsp3) is 0.125. The summed E-state index contributed by atoms with van der Waals surface area (Å²) in [6.07, 6.45) is 0. The molecule has 0 saturated carbocycles. The summed E-state index contributed by atoms with van der Waals surface area (Å²) in [5.74, 6) is 0.399. The number of rotatable bonds is 6. The second-order valence-electron chi connectivity index (χ2n) is 7.01. The van der Waals surface area contributed by atoms with Crippen LogP contribution in [0.1, 0.15) is 22.8 Å². The van der Waals surface area contributed by atoms with Gasteiger partial charge in [0, 0.05) is 16.8 Å². The number of ether oxygens (including phenoxy) is 1. The van der Waals surface area contributed by atoms with E-state index < -0.39 is 0 Å². The van der Waals surface area contributed by atoms with Crippen molar-refractivity contribution in [3.8, 4) is 23.1 Å². The van der Waals surface area contributed by atoms with E-state index in [0.717, 1.165) is 16.8 Å². The van der Waals surface area contributed by atoms with Crippen molar-refractivity contribution in [1.29, 1.82) is 0 Å². The number of halogens is 2. The third kappa shape index (κ3) is 4.61. The van der Waals surface area contributed by atoms with Crippen molar-refractivity contribution in [2.75, 3.05) is 11.9 Å². The molecule has 1 heterocycles. The van der Waals surface area contributed by atoms with Crippen LogP contribution in [-0.4, -0.2) is 27.3 Å². The lowest BCUT2D eigenvalue weighted by Gasteiger charge is -2.10. The average Bonchev–Trinajstić information content (AvgIpc) is 3.20. The van der Waals surface area contributed by atoms with E-state index in [0.29, 0.717) is 39.7 Å². The first-order valence-electron chi connectivity index (χ1n) is 9.99. The topological polar surface area (TPSA) is 69.0 Å². The summed E-state index contributed by atoms with van der Waals surface area (Å²) in [4.78, 5) is 17.1. The van der Waals surface area contributed by atoms with E-state index in [1.807, 2.05) is 50.2 Å². The minimum Gasteiger partial charge on any atom is -0.463 e. The molecule has 0 unspecified atom stereocenters. The van der Waals surface area contributed by atoms with Crippen LogP contribution in [0.3, 0.4) is 0 Å². The molecule has 4 rings (SSSR count). The third-order valence-corrected chi connectivity index (χ3v) is 5.54. The molecule has 0 atom stereocenters. The quantitative estimate of drug-likeness (QED) is 0.367. The third-order valence-electron chi connectivity index (χ3n) is 4.80. The fourth-order valence-electron chi connectivity index (χ4n) is 3.19. The molecule has 8 heteroatoms. The first-order chi connectivity index (χ1) is 15.5. The predicted molar refractivity (Wildman–Crippen MR) is 127 cm³/mol. The fourth-order valence-corrected chi connectivity index (χ4v) is 3.49. The zero-order valence-corrected chi connectivity index (χ0v) is 19.0. The van der Waals surface area contributed by atoms with Gasteiger partial charge in [-0.15, -0.1) is 5.10 Å². The zero-order valence-electron chi connectivity index (χ0n) is 17.5. The molecule has 1 amide bonds. The molecule has 0 bridgehead atoms. The number of benzene rings is 3. The molecule has 1 aromatic heterocycles. The van der Waals surface area contributed by atoms with E-state index in [1.165, 1.54) is 6.07 Å². The normalized spacial score (nSPS) is 10.8. The van der Waals surface area contributed by atoms with Crippen LogP contribution in [0.15, 0.2) is 66.7 Å². The van der Waals surface area contributed by atoms with E-state index >= 15 is 0 Å². The van der Waals surface area contributed by atoms with Crippen LogP contribution in [0.2, 0.25) is 10.0 Å². The molecule has 162 valence electrons. The van der Waals surface area contributed by atoms with Crippen LogP contribution in [0.5, 0.6) is 6.01 Å². The maximum absolute atomic E-state index is 12.5. The Balaban J connectivity index is 1.62. The van der Waals surface area contributed by atoms with E-state index in [9.17, 15) is 4.79 Å². The SMILES string of the molecule is CCOc1nc(-c2ccccc2C)n(-c2ccc(NC(=O)c3ccc(Cl)c(Cl)c3)cc2)n1. The van der Waals surface area contributed by atoms with Crippen molar-refractivity contribution in [2.45, 2.75) is 13.8 Å². The van der Waals surface area contributed by atoms with Gasteiger partial charge in [-0.2, -0.15) is 4.98 Å². The summed E-state index contributed by atoms with van der Waals surface area (Å²) in [6, 6.07) is 20.3. The van der Waals surface area contributed by atoms with Gasteiger partial charge in [-0.1, -0.05) is 47.5 Å². The lowest BCUT2D eigenvalue weighted by atomic mass is 10.1. The Labute approximate surface area is 195 Å². The first-order valence-corrected chi connectivity index (χ1v) is 10.7. The van der Waals surface area contributed by atoms with Gasteiger partial charge in [0.2, 0.25) is 0 Å². The van der Waals surface area contributed by atoms with E-state index in [2.05, 4.69) is 15.4 Å². The Hall–Kier alpha value is -3.35. The largest absolute Gasteiger partial charge is 0.463 e. The predicted octanol–water partition coefficient (Wildman–Crippen LogP) is 6.20. The molecule has 0 saturated heterocycles. The number of carbonyl (C=O) groups excluding carboxylic acids is 1. The van der Waals surface area contributed by atoms with Gasteiger partial charge in [0.15, 0.2) is 5.82 Å². The van der Waals surface area contributed by atoms with Crippen LogP contribution < -0.4 is 10.1 Å². The second-order valence-corrected chi connectivity index (χ2v) is 7.82. The minimum atomic E-state index is -0.281. The summed E-state index contributed by atoms with van der Waals surface area (Å²) < 4.78 is 7.27. The monoisotopic (exact) mass is 466 g/mol. The molecule has 6 nitrogen and oxygen atoms in total. The van der Waals surface area contributed by atoms with Crippen LogP contribution in [-0.2, 0) is 0 Å². The summed E-state index contributed by atoms with van der Waals surface area (Å²) in [6.45, 7) is 4.38. The van der Waals surface area contributed by atoms with Gasteiger partial charge in [-0.25, -0.2) is 4.68 Å². The number of nitrogens with one attached hydrogen (secondary N) is 1. The number of anilines is 1. The molecule has 0 aliphatic heterocycles. The molecule has 0 radical (unpaired) electrons. The second kappa shape index (κ2) is 9.42. The van der Waals surface area contributed by atoms with Gasteiger partial charge in [-0.05, 0) is 61.9 Å². The van der Waals surface area contributed by atoms with Crippen molar-refractivity contribution < 1.29 is 9.53 Å². The highest BCUT2D eigenvalue weighted by Crippen LogP contribution is 2.27. The molecule has 0 aliphatic carbocycles. The van der Waals surface area contributed by atoms with Gasteiger partial charge in [0.25, 0.3) is 5.91 Å². The maximum atomic E-state index is 12.5. The van der Waals surface area contributed by atoms with E-state index in [-0.39, 0.29) is 5.91 Å². The Kier molecular flexibility index (Phi) is 6.44. The highest BCUT2D eigenvalue weighted by atomic mass is 35.5. The molecule has 0 spiro atoms. The Morgan fingerprint density at radius 1 is 1.03 bits per heavy atom. The molecular weight excluding hydrogens is 447 g/mol. The number of hydrogen-bond donors (Lipinski definition) is 1. The van der Waals surface area contributed by atoms with Crippen LogP contribution >= 0.6 is 23.2 Å². The van der Waals surface area contributed by atoms with E-state index in [1.54, 1.807) is 28.9 Å². The smallest absolute Gasteiger partial charge is 0.336 e. The van der Waals surface area contributed by atoms with Crippen molar-refractivity contribution in [3.05, 3.63) is 87.9 Å². The van der Waals surface area contributed by atoms with Crippen LogP contribution in [0.4, 0.5) is 5.69 Å². The molecule has 1 N–H and O–H groups in total. The van der Waals surface area contributed by atoms with Crippen molar-refractivity contribution in [3.63, 3.8) is 0 Å². The lowest BCUT2D eigenvalue weighted by molar-refractivity contribution is 0.102. The number of carbonyl (C=O) groups is 1. The van der Waals surface area contributed by atoms with Crippen molar-refractivity contribution in [2.24, 2.45) is 0 Å². The lowest BCUT2D eigenvalue weighted by Crippen LogP contribution is -2.12. The first kappa shape index (κ1) is 21.9. The summed E-state index contributed by atoms with van der Waals surface area (Å²) >= 11 is 11.9. The van der Waals surface area contributed by atoms with Crippen molar-refractivity contribution in [1.82, 2.24) is 14.8 Å². The molecule has 4 aromatic rings. The van der Waals surface area contributed by atoms with Gasteiger partial charge >= 0.3 is 6.01 Å². The highest BCUT2D eigenvalue weighted by Gasteiger charge is 2.16. The average molecular weight is 467 g/mol. The number of amides is 1. The highest BCUT2D eigenvalue weighted by molar-refractivity contribution is 6.42. The standard InChI is InChI=1S/C24H20Cl2N4O2/c1-3-32-24-28-22(19-7-5-4-6-15(19)2)30(29-24)18-11-9-17(10-12-18)27-23(31)16-8-13-20(25)21(26)14-16/h4-14H,3H2,1-2H3,(H,27,31). The minimum absolute atomic E-state index is 0.281. The Morgan fingerprint density at radius 2 is 1.78 bits per heavy atom. The molecule has 32 heavy (non-hydrogen) atoms. The molecule has 0 fully saturated rings. The van der Waals surface area contributed by atoms with Crippen LogP contribution in [0.25, 0.3) is 17.1 Å². The van der Waals surface area contributed by atoms with Gasteiger partial charge in [0.05, 0.1) is 22.3 Å². The number of aromatic nitrogens is 3.